The molecule has 0 aliphatic rings. The smallest absolute Gasteiger partial charge is 0.275 e. The first-order valence-electron chi connectivity index (χ1n) is 6.85. The lowest BCUT2D eigenvalue weighted by molar-refractivity contribution is 0.102. The molecule has 2 rings (SSSR count). The molecular weight excluding hydrogens is 282 g/mol. The average Bonchev–Trinajstić information content (AvgIpc) is 2.49. The molecule has 110 valence electrons. The number of anilines is 1. The number of hydrogen-bond donors (Lipinski definition) is 1. The van der Waals surface area contributed by atoms with Gasteiger partial charge in [-0.15, -0.1) is 0 Å². The van der Waals surface area contributed by atoms with E-state index in [9.17, 15) is 4.79 Å². The number of hydrogen-bond acceptors (Lipinski definition) is 4. The topological polar surface area (TPSA) is 54.9 Å². The summed E-state index contributed by atoms with van der Waals surface area (Å²) in [6, 6.07) is 5.98. The van der Waals surface area contributed by atoms with Gasteiger partial charge in [-0.25, -0.2) is 4.98 Å². The number of carbonyl (C=O) groups excluding carboxylic acids is 1. The summed E-state index contributed by atoms with van der Waals surface area (Å²) in [7, 11) is 0. The molecule has 1 heterocycles. The van der Waals surface area contributed by atoms with Crippen molar-refractivity contribution in [1.82, 2.24) is 9.97 Å². The van der Waals surface area contributed by atoms with Crippen molar-refractivity contribution in [3.8, 4) is 0 Å². The van der Waals surface area contributed by atoms with E-state index in [2.05, 4.69) is 35.2 Å². The molecule has 0 fully saturated rings. The second-order valence-corrected chi connectivity index (χ2v) is 6.56. The summed E-state index contributed by atoms with van der Waals surface area (Å²) >= 11 is 1.89. The fourth-order valence-electron chi connectivity index (χ4n) is 1.83. The highest BCUT2D eigenvalue weighted by Gasteiger charge is 2.11. The minimum absolute atomic E-state index is 0.236. The predicted molar refractivity (Wildman–Crippen MR) is 87.6 cm³/mol. The Morgan fingerprint density at radius 1 is 1.33 bits per heavy atom. The van der Waals surface area contributed by atoms with Crippen LogP contribution < -0.4 is 5.32 Å². The van der Waals surface area contributed by atoms with Gasteiger partial charge in [0.05, 0.1) is 6.20 Å². The highest BCUT2D eigenvalue weighted by atomic mass is 32.2. The lowest BCUT2D eigenvalue weighted by atomic mass is 10.1. The molecule has 1 aromatic heterocycles. The van der Waals surface area contributed by atoms with Gasteiger partial charge in [-0.3, -0.25) is 9.78 Å². The zero-order valence-electron chi connectivity index (χ0n) is 12.5. The molecule has 1 N–H and O–H groups in total. The number of carbonyl (C=O) groups is 1. The summed E-state index contributed by atoms with van der Waals surface area (Å²) < 4.78 is 0. The fourth-order valence-corrected chi connectivity index (χ4v) is 2.66. The van der Waals surface area contributed by atoms with E-state index >= 15 is 0 Å². The molecule has 0 unspecified atom stereocenters. The van der Waals surface area contributed by atoms with Gasteiger partial charge in [0.15, 0.2) is 0 Å². The molecule has 4 nitrogen and oxygen atoms in total. The Morgan fingerprint density at radius 2 is 2.14 bits per heavy atom. The Labute approximate surface area is 129 Å². The van der Waals surface area contributed by atoms with Crippen LogP contribution in [-0.2, 0) is 5.75 Å². The van der Waals surface area contributed by atoms with Gasteiger partial charge in [0.1, 0.15) is 5.69 Å². The van der Waals surface area contributed by atoms with Gasteiger partial charge in [0.25, 0.3) is 5.91 Å². The SMILES string of the molecule is Cc1c(CSC(C)C)cccc1NC(=O)c1cnccn1. The van der Waals surface area contributed by atoms with Crippen LogP contribution in [-0.4, -0.2) is 21.1 Å². The normalized spacial score (nSPS) is 10.7. The monoisotopic (exact) mass is 301 g/mol. The Bertz CT molecular complexity index is 614. The van der Waals surface area contributed by atoms with Crippen LogP contribution in [0, 0.1) is 6.92 Å². The first kappa shape index (κ1) is 15.5. The van der Waals surface area contributed by atoms with E-state index in [-0.39, 0.29) is 5.91 Å². The summed E-state index contributed by atoms with van der Waals surface area (Å²) in [6.07, 6.45) is 4.52. The average molecular weight is 301 g/mol. The summed E-state index contributed by atoms with van der Waals surface area (Å²) in [5.41, 5.74) is 3.49. The lowest BCUT2D eigenvalue weighted by Crippen LogP contribution is -2.15. The maximum Gasteiger partial charge on any atom is 0.275 e. The van der Waals surface area contributed by atoms with Gasteiger partial charge in [-0.2, -0.15) is 11.8 Å². The molecule has 1 aromatic carbocycles. The van der Waals surface area contributed by atoms with Crippen LogP contribution in [0.1, 0.15) is 35.5 Å². The third kappa shape index (κ3) is 4.29. The largest absolute Gasteiger partial charge is 0.320 e. The van der Waals surface area contributed by atoms with E-state index in [1.165, 1.54) is 18.0 Å². The van der Waals surface area contributed by atoms with Gasteiger partial charge in [0, 0.05) is 23.8 Å². The van der Waals surface area contributed by atoms with Crippen molar-refractivity contribution in [2.24, 2.45) is 0 Å². The molecule has 0 saturated carbocycles. The van der Waals surface area contributed by atoms with Crippen molar-refractivity contribution in [2.45, 2.75) is 31.8 Å². The summed E-state index contributed by atoms with van der Waals surface area (Å²) in [5.74, 6) is 0.707. The van der Waals surface area contributed by atoms with Gasteiger partial charge >= 0.3 is 0 Å². The number of nitrogens with zero attached hydrogens (tertiary/aromatic N) is 2. The molecule has 0 aliphatic heterocycles. The van der Waals surface area contributed by atoms with Crippen LogP contribution in [0.3, 0.4) is 0 Å². The van der Waals surface area contributed by atoms with Crippen LogP contribution in [0.25, 0.3) is 0 Å². The maximum absolute atomic E-state index is 12.1. The molecule has 0 saturated heterocycles. The van der Waals surface area contributed by atoms with Gasteiger partial charge in [-0.1, -0.05) is 26.0 Å². The molecule has 0 bridgehead atoms. The third-order valence-corrected chi connectivity index (χ3v) is 4.21. The molecule has 0 atom stereocenters. The number of aromatic nitrogens is 2. The quantitative estimate of drug-likeness (QED) is 0.915. The summed E-state index contributed by atoms with van der Waals surface area (Å²) in [4.78, 5) is 20.0. The lowest BCUT2D eigenvalue weighted by Gasteiger charge is -2.13. The number of thioether (sulfide) groups is 1. The highest BCUT2D eigenvalue weighted by Crippen LogP contribution is 2.25. The van der Waals surface area contributed by atoms with Crippen LogP contribution in [0.4, 0.5) is 5.69 Å². The van der Waals surface area contributed by atoms with Crippen molar-refractivity contribution in [1.29, 1.82) is 0 Å². The second-order valence-electron chi connectivity index (χ2n) is 4.99. The van der Waals surface area contributed by atoms with E-state index in [0.29, 0.717) is 10.9 Å². The first-order valence-corrected chi connectivity index (χ1v) is 7.90. The minimum Gasteiger partial charge on any atom is -0.320 e. The Balaban J connectivity index is 2.13. The van der Waals surface area contributed by atoms with E-state index in [1.807, 2.05) is 30.8 Å². The van der Waals surface area contributed by atoms with E-state index in [4.69, 9.17) is 0 Å². The fraction of sp³-hybridized carbons (Fsp3) is 0.312. The Hall–Kier alpha value is -1.88. The van der Waals surface area contributed by atoms with Gasteiger partial charge < -0.3 is 5.32 Å². The number of nitrogens with one attached hydrogen (secondary N) is 1. The van der Waals surface area contributed by atoms with Crippen molar-refractivity contribution < 1.29 is 4.79 Å². The van der Waals surface area contributed by atoms with Gasteiger partial charge in [0.2, 0.25) is 0 Å². The zero-order valence-corrected chi connectivity index (χ0v) is 13.3. The molecular formula is C16H19N3OS. The first-order chi connectivity index (χ1) is 10.1. The number of benzene rings is 1. The van der Waals surface area contributed by atoms with E-state index in [0.717, 1.165) is 17.0 Å². The van der Waals surface area contributed by atoms with Crippen molar-refractivity contribution in [3.05, 3.63) is 53.6 Å². The molecule has 1 amide bonds. The molecule has 21 heavy (non-hydrogen) atoms. The zero-order chi connectivity index (χ0) is 15.2. The van der Waals surface area contributed by atoms with Crippen molar-refractivity contribution in [2.75, 3.05) is 5.32 Å². The molecule has 2 aromatic rings. The minimum atomic E-state index is -0.236. The van der Waals surface area contributed by atoms with Crippen molar-refractivity contribution >= 4 is 23.4 Å². The Kier molecular flexibility index (Phi) is 5.33. The Morgan fingerprint density at radius 3 is 2.81 bits per heavy atom. The number of rotatable bonds is 5. The van der Waals surface area contributed by atoms with E-state index in [1.54, 1.807) is 6.20 Å². The molecule has 0 spiro atoms. The van der Waals surface area contributed by atoms with E-state index < -0.39 is 0 Å². The van der Waals surface area contributed by atoms with Crippen LogP contribution >= 0.6 is 11.8 Å². The molecule has 5 heteroatoms. The van der Waals surface area contributed by atoms with Crippen LogP contribution in [0.2, 0.25) is 0 Å². The molecule has 0 radical (unpaired) electrons. The van der Waals surface area contributed by atoms with Crippen LogP contribution in [0.15, 0.2) is 36.8 Å². The summed E-state index contributed by atoms with van der Waals surface area (Å²) in [6.45, 7) is 6.39. The molecule has 0 aliphatic carbocycles. The second kappa shape index (κ2) is 7.22. The third-order valence-electron chi connectivity index (χ3n) is 3.06. The standard InChI is InChI=1S/C16H19N3OS/c1-11(2)21-10-13-5-4-6-14(12(13)3)19-16(20)15-9-17-7-8-18-15/h4-9,11H,10H2,1-3H3,(H,19,20). The summed E-state index contributed by atoms with van der Waals surface area (Å²) in [5, 5.41) is 3.49. The number of amides is 1. The maximum atomic E-state index is 12.1. The highest BCUT2D eigenvalue weighted by molar-refractivity contribution is 7.99. The van der Waals surface area contributed by atoms with Crippen molar-refractivity contribution in [3.63, 3.8) is 0 Å². The van der Waals surface area contributed by atoms with Gasteiger partial charge in [-0.05, 0) is 29.4 Å². The van der Waals surface area contributed by atoms with Crippen LogP contribution in [0.5, 0.6) is 0 Å². The predicted octanol–water partition coefficient (Wildman–Crippen LogP) is 3.68.